The number of ether oxygens (including phenoxy) is 1. The summed E-state index contributed by atoms with van der Waals surface area (Å²) >= 11 is 0. The predicted molar refractivity (Wildman–Crippen MR) is 50.6 cm³/mol. The fourth-order valence-corrected chi connectivity index (χ4v) is 0.500. The van der Waals surface area contributed by atoms with Gasteiger partial charge < -0.3 is 10.1 Å². The summed E-state index contributed by atoms with van der Waals surface area (Å²) in [5.41, 5.74) is 0. The Balaban J connectivity index is -0.000000309. The van der Waals surface area contributed by atoms with Gasteiger partial charge in [0, 0.05) is 13.0 Å². The molecular weight excluding hydrogens is 262 g/mol. The third-order valence-corrected chi connectivity index (χ3v) is 1.02. The number of carbonyl (C=O) groups excluding carboxylic acids is 1. The Kier molecular flexibility index (Phi) is 26.2. The molecule has 0 aliphatic heterocycles. The normalized spacial score (nSPS) is 7.69. The molecule has 0 aliphatic carbocycles. The maximum absolute atomic E-state index is 10.5. The first-order valence-electron chi connectivity index (χ1n) is 4.45. The average molecular weight is 282 g/mol. The molecule has 0 atom stereocenters. The number of hydrogen-bond acceptors (Lipinski definition) is 2. The Morgan fingerprint density at radius 1 is 1.38 bits per heavy atom. The number of amides is 1. The molecule has 1 N–H and O–H groups in total. The minimum Gasteiger partial charge on any atom is -0.508 e. The summed E-state index contributed by atoms with van der Waals surface area (Å²) in [6.07, 6.45) is 1.40. The van der Waals surface area contributed by atoms with Gasteiger partial charge in [-0.25, -0.2) is 0 Å². The van der Waals surface area contributed by atoms with E-state index in [0.717, 1.165) is 13.0 Å². The minimum absolute atomic E-state index is 0. The Morgan fingerprint density at radius 2 is 1.92 bits per heavy atom. The summed E-state index contributed by atoms with van der Waals surface area (Å²) < 4.78 is 5.07. The van der Waals surface area contributed by atoms with Crippen LogP contribution in [-0.2, 0) is 31.9 Å². The van der Waals surface area contributed by atoms with Gasteiger partial charge in [-0.3, -0.25) is 11.8 Å². The van der Waals surface area contributed by atoms with Gasteiger partial charge in [-0.2, -0.15) is 0 Å². The third-order valence-electron chi connectivity index (χ3n) is 1.02. The van der Waals surface area contributed by atoms with Crippen molar-refractivity contribution in [3.63, 3.8) is 0 Å². The van der Waals surface area contributed by atoms with E-state index in [0.29, 0.717) is 13.0 Å². The minimum atomic E-state index is -0.0731. The molecular formula is C9H20AgNO2. The third kappa shape index (κ3) is 18.9. The Labute approximate surface area is 97.1 Å². The Bertz CT molecular complexity index is 99.6. The second-order valence-electron chi connectivity index (χ2n) is 1.96. The summed E-state index contributed by atoms with van der Waals surface area (Å²) in [7, 11) is 3.23. The van der Waals surface area contributed by atoms with Crippen LogP contribution in [0.15, 0.2) is 0 Å². The average Bonchev–Trinajstić information content (AvgIpc) is 2.15. The molecule has 4 heteroatoms. The topological polar surface area (TPSA) is 38.3 Å². The van der Waals surface area contributed by atoms with E-state index in [1.165, 1.54) is 0 Å². The summed E-state index contributed by atoms with van der Waals surface area (Å²) in [5.74, 6) is -0.0731. The van der Waals surface area contributed by atoms with Crippen LogP contribution in [0.25, 0.3) is 0 Å². The van der Waals surface area contributed by atoms with E-state index in [9.17, 15) is 4.79 Å². The molecule has 0 aromatic heterocycles. The van der Waals surface area contributed by atoms with E-state index in [1.807, 2.05) is 20.8 Å². The van der Waals surface area contributed by atoms with Crippen molar-refractivity contribution in [3.8, 4) is 0 Å². The van der Waals surface area contributed by atoms with Crippen LogP contribution < -0.4 is 5.32 Å². The largest absolute Gasteiger partial charge is 1.00 e. The molecule has 0 aliphatic rings. The van der Waals surface area contributed by atoms with E-state index >= 15 is 0 Å². The molecule has 0 aromatic rings. The van der Waals surface area contributed by atoms with Gasteiger partial charge in [-0.05, 0) is 6.42 Å². The van der Waals surface area contributed by atoms with Crippen LogP contribution in [0, 0.1) is 7.05 Å². The van der Waals surface area contributed by atoms with Gasteiger partial charge in [0.25, 0.3) is 0 Å². The van der Waals surface area contributed by atoms with Gasteiger partial charge >= 0.3 is 22.4 Å². The molecule has 0 fully saturated rings. The number of hydrogen-bond donors (Lipinski definition) is 1. The van der Waals surface area contributed by atoms with E-state index in [-0.39, 0.29) is 28.3 Å². The van der Waals surface area contributed by atoms with Gasteiger partial charge in [0.1, 0.15) is 0 Å². The zero-order valence-electron chi connectivity index (χ0n) is 8.65. The van der Waals surface area contributed by atoms with Crippen molar-refractivity contribution >= 4 is 5.91 Å². The van der Waals surface area contributed by atoms with E-state index in [1.54, 1.807) is 0 Å². The maximum Gasteiger partial charge on any atom is 1.00 e. The predicted octanol–water partition coefficient (Wildman–Crippen LogP) is 1.73. The van der Waals surface area contributed by atoms with Crippen molar-refractivity contribution in [1.82, 2.24) is 5.32 Å². The summed E-state index contributed by atoms with van der Waals surface area (Å²) in [6.45, 7) is 7.25. The first kappa shape index (κ1) is 18.9. The van der Waals surface area contributed by atoms with Crippen molar-refractivity contribution < 1.29 is 31.9 Å². The molecule has 0 unspecified atom stereocenters. The first-order chi connectivity index (χ1) is 5.81. The summed E-state index contributed by atoms with van der Waals surface area (Å²) in [6, 6.07) is 0. The summed E-state index contributed by atoms with van der Waals surface area (Å²) in [4.78, 5) is 10.5. The zero-order valence-corrected chi connectivity index (χ0v) is 10.1. The summed E-state index contributed by atoms with van der Waals surface area (Å²) in [5, 5.41) is 2.27. The standard InChI is InChI=1S/C7H14NO2.C2H6.Ag/c1-3-5-10-6-4-7(9)8-2;1-2;/h2-6H2,1H3,(H,8,9);1-2H3;/q-1;;+1. The van der Waals surface area contributed by atoms with Gasteiger partial charge in [0.05, 0.1) is 6.61 Å². The second kappa shape index (κ2) is 18.1. The van der Waals surface area contributed by atoms with Crippen LogP contribution in [0.4, 0.5) is 0 Å². The van der Waals surface area contributed by atoms with E-state index < -0.39 is 0 Å². The first-order valence-corrected chi connectivity index (χ1v) is 4.45. The molecule has 0 bridgehead atoms. The van der Waals surface area contributed by atoms with Crippen molar-refractivity contribution in [2.24, 2.45) is 0 Å². The fraction of sp³-hybridized carbons (Fsp3) is 0.778. The van der Waals surface area contributed by atoms with Crippen LogP contribution in [0.5, 0.6) is 0 Å². The van der Waals surface area contributed by atoms with Crippen LogP contribution in [0.1, 0.15) is 33.6 Å². The van der Waals surface area contributed by atoms with Gasteiger partial charge in [0.15, 0.2) is 5.91 Å². The molecule has 0 radical (unpaired) electrons. The van der Waals surface area contributed by atoms with Crippen LogP contribution >= 0.6 is 0 Å². The molecule has 84 valence electrons. The molecule has 0 heterocycles. The van der Waals surface area contributed by atoms with Crippen molar-refractivity contribution in [3.05, 3.63) is 7.05 Å². The van der Waals surface area contributed by atoms with Crippen molar-refractivity contribution in [1.29, 1.82) is 0 Å². The molecule has 13 heavy (non-hydrogen) atoms. The van der Waals surface area contributed by atoms with Gasteiger partial charge in [0.2, 0.25) is 0 Å². The quantitative estimate of drug-likeness (QED) is 0.474. The molecule has 1 amide bonds. The van der Waals surface area contributed by atoms with E-state index in [2.05, 4.69) is 12.4 Å². The molecule has 0 aromatic carbocycles. The maximum atomic E-state index is 10.5. The van der Waals surface area contributed by atoms with E-state index in [4.69, 9.17) is 4.74 Å². The molecule has 0 saturated carbocycles. The van der Waals surface area contributed by atoms with Gasteiger partial charge in [-0.15, -0.1) is 0 Å². The van der Waals surface area contributed by atoms with Crippen LogP contribution in [0.2, 0.25) is 0 Å². The number of rotatable bonds is 5. The molecule has 0 rings (SSSR count). The molecule has 0 saturated heterocycles. The fourth-order valence-electron chi connectivity index (χ4n) is 0.500. The Morgan fingerprint density at radius 3 is 2.31 bits per heavy atom. The second-order valence-corrected chi connectivity index (χ2v) is 1.96. The van der Waals surface area contributed by atoms with Crippen LogP contribution in [-0.4, -0.2) is 19.1 Å². The van der Waals surface area contributed by atoms with Gasteiger partial charge in [-0.1, -0.05) is 20.8 Å². The zero-order chi connectivity index (χ0) is 9.82. The van der Waals surface area contributed by atoms with Crippen LogP contribution in [0.3, 0.4) is 0 Å². The number of nitrogens with one attached hydrogen (secondary N) is 1. The smallest absolute Gasteiger partial charge is 0.508 e. The SMILES string of the molecule is CC.[Ag+].[CH2-]NC(=O)CCOCCC. The number of carbonyl (C=O) groups is 1. The Hall–Kier alpha value is 0.170. The monoisotopic (exact) mass is 281 g/mol. The molecule has 3 nitrogen and oxygen atoms in total. The molecule has 0 spiro atoms. The van der Waals surface area contributed by atoms with Crippen molar-refractivity contribution in [2.45, 2.75) is 33.6 Å². The van der Waals surface area contributed by atoms with Crippen molar-refractivity contribution in [2.75, 3.05) is 13.2 Å².